The van der Waals surface area contributed by atoms with Gasteiger partial charge in [-0.3, -0.25) is 9.48 Å². The van der Waals surface area contributed by atoms with E-state index in [1.165, 1.54) is 6.42 Å². The zero-order valence-corrected chi connectivity index (χ0v) is 17.8. The van der Waals surface area contributed by atoms with Gasteiger partial charge in [-0.05, 0) is 25.8 Å². The van der Waals surface area contributed by atoms with Crippen molar-refractivity contribution >= 4 is 16.9 Å². The van der Waals surface area contributed by atoms with Crippen molar-refractivity contribution in [2.45, 2.75) is 45.7 Å². The lowest BCUT2D eigenvalue weighted by molar-refractivity contribution is 0.0951. The first-order chi connectivity index (χ1) is 15.1. The van der Waals surface area contributed by atoms with Crippen LogP contribution in [0.4, 0.5) is 0 Å². The van der Waals surface area contributed by atoms with E-state index < -0.39 is 0 Å². The van der Waals surface area contributed by atoms with E-state index in [0.717, 1.165) is 59.8 Å². The number of nitrogens with one attached hydrogen (secondary N) is 1. The number of aryl methyl sites for hydroxylation is 3. The lowest BCUT2D eigenvalue weighted by Gasteiger charge is -2.10. The molecule has 1 aliphatic rings. The number of fused-ring (bicyclic) bond motifs is 2. The molecule has 3 aromatic heterocycles. The van der Waals surface area contributed by atoms with Gasteiger partial charge in [-0.25, -0.2) is 4.98 Å². The first-order valence-corrected chi connectivity index (χ1v) is 10.7. The molecule has 8 heteroatoms. The van der Waals surface area contributed by atoms with Gasteiger partial charge in [0.1, 0.15) is 5.82 Å². The average molecular weight is 416 g/mol. The molecule has 0 spiro atoms. The van der Waals surface area contributed by atoms with Crippen molar-refractivity contribution in [1.82, 2.24) is 34.8 Å². The predicted molar refractivity (Wildman–Crippen MR) is 117 cm³/mol. The molecular formula is C23H25N7O. The summed E-state index contributed by atoms with van der Waals surface area (Å²) in [4.78, 5) is 18.1. The van der Waals surface area contributed by atoms with E-state index in [-0.39, 0.29) is 5.91 Å². The molecule has 0 aliphatic carbocycles. The van der Waals surface area contributed by atoms with Crippen LogP contribution < -0.4 is 5.32 Å². The highest BCUT2D eigenvalue weighted by molar-refractivity contribution is 6.07. The summed E-state index contributed by atoms with van der Waals surface area (Å²) in [5.41, 5.74) is 3.76. The molecule has 1 amide bonds. The minimum absolute atomic E-state index is 0.161. The zero-order chi connectivity index (χ0) is 21.4. The molecular weight excluding hydrogens is 390 g/mol. The van der Waals surface area contributed by atoms with Crippen LogP contribution in [0, 0.1) is 6.92 Å². The van der Waals surface area contributed by atoms with Crippen molar-refractivity contribution < 1.29 is 4.79 Å². The highest BCUT2D eigenvalue weighted by Crippen LogP contribution is 2.27. The van der Waals surface area contributed by atoms with Crippen molar-refractivity contribution in [3.63, 3.8) is 0 Å². The van der Waals surface area contributed by atoms with Crippen LogP contribution in [0.1, 0.15) is 47.0 Å². The van der Waals surface area contributed by atoms with E-state index in [0.29, 0.717) is 17.8 Å². The molecule has 158 valence electrons. The van der Waals surface area contributed by atoms with E-state index >= 15 is 0 Å². The lowest BCUT2D eigenvalue weighted by atomic mass is 10.0. The third kappa shape index (κ3) is 3.58. The van der Waals surface area contributed by atoms with Crippen molar-refractivity contribution in [1.29, 1.82) is 0 Å². The number of carbonyl (C=O) groups is 1. The van der Waals surface area contributed by atoms with Crippen LogP contribution in [0.25, 0.3) is 22.3 Å². The summed E-state index contributed by atoms with van der Waals surface area (Å²) >= 11 is 0. The second-order valence-corrected chi connectivity index (χ2v) is 8.01. The molecule has 0 unspecified atom stereocenters. The fourth-order valence-corrected chi connectivity index (χ4v) is 4.31. The minimum atomic E-state index is -0.161. The minimum Gasteiger partial charge on any atom is -0.345 e. The smallest absolute Gasteiger partial charge is 0.252 e. The number of carbonyl (C=O) groups excluding carboxylic acids is 1. The Kier molecular flexibility index (Phi) is 4.97. The highest BCUT2D eigenvalue weighted by Gasteiger charge is 2.20. The molecule has 0 bridgehead atoms. The number of aromatic nitrogens is 6. The Hall–Kier alpha value is -3.55. The Morgan fingerprint density at radius 2 is 1.97 bits per heavy atom. The fraction of sp³-hybridized carbons (Fsp3) is 0.348. The maximum Gasteiger partial charge on any atom is 0.252 e. The van der Waals surface area contributed by atoms with Crippen LogP contribution in [0.2, 0.25) is 0 Å². The number of hydrogen-bond acceptors (Lipinski definition) is 5. The first-order valence-electron chi connectivity index (χ1n) is 10.7. The van der Waals surface area contributed by atoms with Crippen molar-refractivity contribution in [2.24, 2.45) is 7.05 Å². The van der Waals surface area contributed by atoms with Gasteiger partial charge >= 0.3 is 0 Å². The van der Waals surface area contributed by atoms with Crippen LogP contribution in [-0.2, 0) is 26.6 Å². The maximum absolute atomic E-state index is 13.3. The van der Waals surface area contributed by atoms with Gasteiger partial charge in [0, 0.05) is 25.6 Å². The number of rotatable bonds is 4. The zero-order valence-electron chi connectivity index (χ0n) is 17.8. The fourth-order valence-electron chi connectivity index (χ4n) is 4.31. The Morgan fingerprint density at radius 3 is 2.81 bits per heavy atom. The molecule has 0 saturated carbocycles. The van der Waals surface area contributed by atoms with E-state index in [9.17, 15) is 4.79 Å². The molecule has 1 aliphatic heterocycles. The Bertz CT molecular complexity index is 1260. The molecule has 31 heavy (non-hydrogen) atoms. The molecule has 8 nitrogen and oxygen atoms in total. The van der Waals surface area contributed by atoms with Gasteiger partial charge in [0.15, 0.2) is 11.5 Å². The Labute approximate surface area is 180 Å². The van der Waals surface area contributed by atoms with E-state index in [4.69, 9.17) is 4.98 Å². The summed E-state index contributed by atoms with van der Waals surface area (Å²) < 4.78 is 3.88. The number of hydrogen-bond donors (Lipinski definition) is 1. The number of amides is 1. The molecule has 0 fully saturated rings. The third-order valence-electron chi connectivity index (χ3n) is 5.88. The summed E-state index contributed by atoms with van der Waals surface area (Å²) in [5.74, 6) is 1.66. The van der Waals surface area contributed by atoms with Gasteiger partial charge in [0.2, 0.25) is 0 Å². The quantitative estimate of drug-likeness (QED) is 0.553. The van der Waals surface area contributed by atoms with Crippen LogP contribution in [0.15, 0.2) is 36.4 Å². The van der Waals surface area contributed by atoms with Gasteiger partial charge in [0.05, 0.1) is 28.9 Å². The maximum atomic E-state index is 13.3. The summed E-state index contributed by atoms with van der Waals surface area (Å²) in [6.07, 6.45) is 4.41. The molecule has 1 N–H and O–H groups in total. The topological polar surface area (TPSA) is 90.5 Å². The molecule has 4 aromatic rings. The monoisotopic (exact) mass is 415 g/mol. The largest absolute Gasteiger partial charge is 0.345 e. The lowest BCUT2D eigenvalue weighted by Crippen LogP contribution is -2.25. The van der Waals surface area contributed by atoms with Gasteiger partial charge in [0.25, 0.3) is 5.91 Å². The number of benzene rings is 1. The van der Waals surface area contributed by atoms with Gasteiger partial charge in [-0.1, -0.05) is 36.8 Å². The van der Waals surface area contributed by atoms with Crippen LogP contribution in [0.5, 0.6) is 0 Å². The molecule has 1 aromatic carbocycles. The van der Waals surface area contributed by atoms with Crippen molar-refractivity contribution in [3.05, 3.63) is 59.3 Å². The molecule has 4 heterocycles. The van der Waals surface area contributed by atoms with Crippen molar-refractivity contribution in [3.8, 4) is 11.3 Å². The van der Waals surface area contributed by atoms with Gasteiger partial charge in [-0.15, -0.1) is 10.2 Å². The number of pyridine rings is 1. The van der Waals surface area contributed by atoms with E-state index in [2.05, 4.69) is 25.2 Å². The highest BCUT2D eigenvalue weighted by atomic mass is 16.1. The second kappa shape index (κ2) is 7.94. The standard InChI is InChI=1S/C23H25N7O/c1-15-21-17(13-18(16-9-5-3-6-10-16)25-22(21)29(2)28-15)23(31)24-14-20-27-26-19-11-7-4-8-12-30(19)20/h3,5-6,9-10,13H,4,7-8,11-12,14H2,1-2H3,(H,24,31). The van der Waals surface area contributed by atoms with Gasteiger partial charge < -0.3 is 9.88 Å². The first kappa shape index (κ1) is 19.4. The van der Waals surface area contributed by atoms with Crippen molar-refractivity contribution in [2.75, 3.05) is 0 Å². The predicted octanol–water partition coefficient (Wildman–Crippen LogP) is 3.19. The summed E-state index contributed by atoms with van der Waals surface area (Å²) in [6, 6.07) is 11.7. The van der Waals surface area contributed by atoms with Gasteiger partial charge in [-0.2, -0.15) is 5.10 Å². The molecule has 5 rings (SSSR count). The second-order valence-electron chi connectivity index (χ2n) is 8.01. The Morgan fingerprint density at radius 1 is 1.13 bits per heavy atom. The average Bonchev–Trinajstić information content (AvgIpc) is 3.20. The summed E-state index contributed by atoms with van der Waals surface area (Å²) in [6.45, 7) is 3.16. The van der Waals surface area contributed by atoms with Crippen LogP contribution in [-0.4, -0.2) is 35.4 Å². The normalized spacial score (nSPS) is 13.7. The van der Waals surface area contributed by atoms with Crippen LogP contribution in [0.3, 0.4) is 0 Å². The molecule has 0 radical (unpaired) electrons. The van der Waals surface area contributed by atoms with E-state index in [1.807, 2.05) is 50.4 Å². The SMILES string of the molecule is Cc1nn(C)c2nc(-c3ccccc3)cc(C(=O)NCc3nnc4n3CCCCC4)c12. The molecule has 0 saturated heterocycles. The summed E-state index contributed by atoms with van der Waals surface area (Å²) in [7, 11) is 1.85. The van der Waals surface area contributed by atoms with Crippen LogP contribution >= 0.6 is 0 Å². The third-order valence-corrected chi connectivity index (χ3v) is 5.88. The van der Waals surface area contributed by atoms with E-state index in [1.54, 1.807) is 4.68 Å². The summed E-state index contributed by atoms with van der Waals surface area (Å²) in [5, 5.41) is 17.0. The molecule has 0 atom stereocenters. The number of nitrogens with zero attached hydrogens (tertiary/aromatic N) is 6. The Balaban J connectivity index is 1.49.